The van der Waals surface area contributed by atoms with Crippen LogP contribution in [0.3, 0.4) is 0 Å². The van der Waals surface area contributed by atoms with Crippen molar-refractivity contribution < 1.29 is 27.5 Å². The van der Waals surface area contributed by atoms with E-state index in [2.05, 4.69) is 14.2 Å². The molecule has 0 saturated heterocycles. The molecular weight excluding hydrogens is 322 g/mol. The lowest BCUT2D eigenvalue weighted by molar-refractivity contribution is -0.149. The summed E-state index contributed by atoms with van der Waals surface area (Å²) in [5, 5.41) is 0.922. The Kier molecular flexibility index (Phi) is 6.92. The van der Waals surface area contributed by atoms with Gasteiger partial charge in [0.2, 0.25) is 10.0 Å². The number of carbonyl (C=O) groups is 2. The first kappa shape index (κ1) is 18.9. The zero-order valence-corrected chi connectivity index (χ0v) is 13.9. The summed E-state index contributed by atoms with van der Waals surface area (Å²) in [4.78, 5) is 22.8. The average molecular weight is 341 g/mol. The highest BCUT2D eigenvalue weighted by Gasteiger charge is 2.27. The summed E-state index contributed by atoms with van der Waals surface area (Å²) in [6.45, 7) is 1.92. The number of carbonyl (C=O) groups excluding carboxylic acids is 2. The van der Waals surface area contributed by atoms with E-state index >= 15 is 0 Å². The highest BCUT2D eigenvalue weighted by atomic mass is 32.2. The number of hydrogen-bond donors (Lipinski definition) is 1. The summed E-state index contributed by atoms with van der Waals surface area (Å²) < 4.78 is 35.0. The van der Waals surface area contributed by atoms with E-state index in [1.165, 1.54) is 6.08 Å². The highest BCUT2D eigenvalue weighted by molar-refractivity contribution is 7.92. The molecule has 23 heavy (non-hydrogen) atoms. The summed E-state index contributed by atoms with van der Waals surface area (Å²) in [6, 6.07) is 5.85. The lowest BCUT2D eigenvalue weighted by Gasteiger charge is -2.13. The maximum Gasteiger partial charge on any atom is 0.324 e. The molecule has 1 aromatic carbocycles. The smallest absolute Gasteiger partial charge is 0.324 e. The highest BCUT2D eigenvalue weighted by Crippen LogP contribution is 2.07. The van der Waals surface area contributed by atoms with Crippen LogP contribution >= 0.6 is 0 Å². The molecule has 1 rings (SSSR count). The molecule has 0 aliphatic carbocycles. The Hall–Kier alpha value is -2.19. The zero-order chi connectivity index (χ0) is 17.5. The van der Waals surface area contributed by atoms with E-state index in [1.807, 2.05) is 19.1 Å². The molecule has 0 aromatic heterocycles. The normalized spacial score (nSPS) is 12.8. The SMILES string of the molecule is COC(=O)CC(NS(=O)(=O)C=Cc1ccc(C)cc1)C(=O)OC. The van der Waals surface area contributed by atoms with Crippen LogP contribution in [0.4, 0.5) is 0 Å². The summed E-state index contributed by atoms with van der Waals surface area (Å²) in [7, 11) is -1.70. The van der Waals surface area contributed by atoms with Crippen LogP contribution in [0.1, 0.15) is 17.5 Å². The second-order valence-corrected chi connectivity index (χ2v) is 6.33. The second kappa shape index (κ2) is 8.44. The van der Waals surface area contributed by atoms with Gasteiger partial charge >= 0.3 is 11.9 Å². The molecule has 0 bridgehead atoms. The minimum absolute atomic E-state index is 0.458. The van der Waals surface area contributed by atoms with Crippen molar-refractivity contribution in [3.05, 3.63) is 40.8 Å². The van der Waals surface area contributed by atoms with E-state index in [9.17, 15) is 18.0 Å². The van der Waals surface area contributed by atoms with Crippen molar-refractivity contribution in [3.63, 3.8) is 0 Å². The lowest BCUT2D eigenvalue weighted by Crippen LogP contribution is -2.42. The van der Waals surface area contributed by atoms with E-state index in [0.29, 0.717) is 5.56 Å². The molecule has 8 heteroatoms. The van der Waals surface area contributed by atoms with Crippen LogP contribution in [0.25, 0.3) is 6.08 Å². The van der Waals surface area contributed by atoms with Gasteiger partial charge in [0.25, 0.3) is 0 Å². The zero-order valence-electron chi connectivity index (χ0n) is 13.1. The first-order valence-electron chi connectivity index (χ1n) is 6.69. The standard InChI is InChI=1S/C15H19NO6S/c1-11-4-6-12(7-5-11)8-9-23(19,20)16-13(15(18)22-3)10-14(17)21-2/h4-9,13,16H,10H2,1-3H3. The molecule has 1 N–H and O–H groups in total. The molecule has 0 saturated carbocycles. The van der Waals surface area contributed by atoms with Crippen LogP contribution in [0.15, 0.2) is 29.7 Å². The molecule has 126 valence electrons. The van der Waals surface area contributed by atoms with Gasteiger partial charge < -0.3 is 9.47 Å². The number of sulfonamides is 1. The van der Waals surface area contributed by atoms with Gasteiger partial charge in [0, 0.05) is 5.41 Å². The van der Waals surface area contributed by atoms with Gasteiger partial charge in [0.1, 0.15) is 6.04 Å². The van der Waals surface area contributed by atoms with Gasteiger partial charge in [-0.2, -0.15) is 4.72 Å². The summed E-state index contributed by atoms with van der Waals surface area (Å²) >= 11 is 0. The summed E-state index contributed by atoms with van der Waals surface area (Å²) in [5.74, 6) is -1.60. The minimum atomic E-state index is -3.94. The summed E-state index contributed by atoms with van der Waals surface area (Å²) in [5.41, 5.74) is 1.73. The van der Waals surface area contributed by atoms with Crippen molar-refractivity contribution in [2.45, 2.75) is 19.4 Å². The van der Waals surface area contributed by atoms with Crippen molar-refractivity contribution in [2.75, 3.05) is 14.2 Å². The molecule has 0 heterocycles. The predicted octanol–water partition coefficient (Wildman–Crippen LogP) is 0.990. The Morgan fingerprint density at radius 2 is 1.78 bits per heavy atom. The Morgan fingerprint density at radius 3 is 2.30 bits per heavy atom. The number of benzene rings is 1. The summed E-state index contributed by atoms with van der Waals surface area (Å²) in [6.07, 6.45) is 0.926. The van der Waals surface area contributed by atoms with Gasteiger partial charge in [0.15, 0.2) is 0 Å². The Balaban J connectivity index is 2.85. The van der Waals surface area contributed by atoms with Crippen molar-refractivity contribution in [3.8, 4) is 0 Å². The quantitative estimate of drug-likeness (QED) is 0.743. The Bertz CT molecular complexity index is 678. The molecule has 0 spiro atoms. The van der Waals surface area contributed by atoms with Crippen LogP contribution in [0.5, 0.6) is 0 Å². The van der Waals surface area contributed by atoms with Crippen LogP contribution in [0.2, 0.25) is 0 Å². The predicted molar refractivity (Wildman–Crippen MR) is 84.7 cm³/mol. The van der Waals surface area contributed by atoms with Crippen molar-refractivity contribution in [2.24, 2.45) is 0 Å². The first-order chi connectivity index (χ1) is 10.8. The van der Waals surface area contributed by atoms with Gasteiger partial charge in [-0.3, -0.25) is 9.59 Å². The monoisotopic (exact) mass is 341 g/mol. The number of hydrogen-bond acceptors (Lipinski definition) is 6. The van der Waals surface area contributed by atoms with E-state index in [4.69, 9.17) is 0 Å². The maximum absolute atomic E-state index is 12.0. The van der Waals surface area contributed by atoms with E-state index < -0.39 is 34.4 Å². The van der Waals surface area contributed by atoms with Crippen molar-refractivity contribution in [1.82, 2.24) is 4.72 Å². The van der Waals surface area contributed by atoms with Crippen LogP contribution < -0.4 is 4.72 Å². The molecule has 0 amide bonds. The third-order valence-corrected chi connectivity index (χ3v) is 4.02. The Labute approximate surface area is 135 Å². The Morgan fingerprint density at radius 1 is 1.17 bits per heavy atom. The molecule has 0 aliphatic heterocycles. The fourth-order valence-electron chi connectivity index (χ4n) is 1.65. The molecule has 7 nitrogen and oxygen atoms in total. The molecular formula is C15H19NO6S. The van der Waals surface area contributed by atoms with Crippen molar-refractivity contribution in [1.29, 1.82) is 0 Å². The van der Waals surface area contributed by atoms with Gasteiger partial charge in [-0.1, -0.05) is 29.8 Å². The van der Waals surface area contributed by atoms with Gasteiger partial charge in [-0.05, 0) is 18.6 Å². The number of esters is 2. The average Bonchev–Trinajstić information content (AvgIpc) is 2.52. The molecule has 0 fully saturated rings. The lowest BCUT2D eigenvalue weighted by atomic mass is 10.2. The van der Waals surface area contributed by atoms with E-state index in [1.54, 1.807) is 12.1 Å². The number of ether oxygens (including phenoxy) is 2. The molecule has 1 atom stereocenters. The van der Waals surface area contributed by atoms with Crippen molar-refractivity contribution >= 4 is 28.0 Å². The largest absolute Gasteiger partial charge is 0.469 e. The fourth-order valence-corrected chi connectivity index (χ4v) is 2.64. The molecule has 1 aromatic rings. The first-order valence-corrected chi connectivity index (χ1v) is 8.24. The van der Waals surface area contributed by atoms with Crippen LogP contribution in [-0.2, 0) is 29.1 Å². The van der Waals surface area contributed by atoms with E-state index in [-0.39, 0.29) is 0 Å². The number of methoxy groups -OCH3 is 2. The van der Waals surface area contributed by atoms with Gasteiger partial charge in [-0.15, -0.1) is 0 Å². The number of aryl methyl sites for hydroxylation is 1. The molecule has 0 aliphatic rings. The number of nitrogens with one attached hydrogen (secondary N) is 1. The van der Waals surface area contributed by atoms with Gasteiger partial charge in [-0.25, -0.2) is 8.42 Å². The molecule has 0 radical (unpaired) electrons. The molecule has 1 unspecified atom stereocenters. The third kappa shape index (κ3) is 6.62. The maximum atomic E-state index is 12.0. The van der Waals surface area contributed by atoms with Gasteiger partial charge in [0.05, 0.1) is 20.6 Å². The third-order valence-electron chi connectivity index (χ3n) is 2.91. The number of rotatable bonds is 7. The topological polar surface area (TPSA) is 98.8 Å². The fraction of sp³-hybridized carbons (Fsp3) is 0.333. The van der Waals surface area contributed by atoms with E-state index in [0.717, 1.165) is 25.2 Å². The van der Waals surface area contributed by atoms with Crippen LogP contribution in [-0.4, -0.2) is 40.6 Å². The van der Waals surface area contributed by atoms with Crippen LogP contribution in [0, 0.1) is 6.92 Å². The second-order valence-electron chi connectivity index (χ2n) is 4.73. The minimum Gasteiger partial charge on any atom is -0.469 e.